The fourth-order valence-electron chi connectivity index (χ4n) is 4.97. The highest BCUT2D eigenvalue weighted by Crippen LogP contribution is 2.42. The maximum Gasteiger partial charge on any atom is 0.527 e. The zero-order valence-electron chi connectivity index (χ0n) is 21.8. The van der Waals surface area contributed by atoms with Crippen LogP contribution >= 0.6 is 0 Å². The van der Waals surface area contributed by atoms with Crippen molar-refractivity contribution in [1.82, 2.24) is 0 Å². The van der Waals surface area contributed by atoms with Gasteiger partial charge in [-0.15, -0.1) is 13.2 Å². The molecule has 3 aromatic rings. The van der Waals surface area contributed by atoms with Crippen LogP contribution in [0, 0.1) is 23.4 Å². The van der Waals surface area contributed by atoms with Crippen molar-refractivity contribution < 1.29 is 49.4 Å². The van der Waals surface area contributed by atoms with Crippen molar-refractivity contribution >= 4 is 5.97 Å². The van der Waals surface area contributed by atoms with Gasteiger partial charge in [0.2, 0.25) is 0 Å². The Morgan fingerprint density at radius 2 is 1.34 bits per heavy atom. The molecule has 1 fully saturated rings. The van der Waals surface area contributed by atoms with Gasteiger partial charge in [0.15, 0.2) is 0 Å². The summed E-state index contributed by atoms with van der Waals surface area (Å²) in [6.07, 6.45) is -10.6. The number of rotatable bonds is 8. The van der Waals surface area contributed by atoms with Crippen molar-refractivity contribution in [1.29, 1.82) is 0 Å². The van der Waals surface area contributed by atoms with Gasteiger partial charge in [-0.05, 0) is 72.6 Å². The number of alkyl halides is 5. The number of esters is 1. The molecule has 0 amide bonds. The van der Waals surface area contributed by atoms with Crippen molar-refractivity contribution in [3.8, 4) is 22.3 Å². The molecule has 0 aromatic heterocycles. The summed E-state index contributed by atoms with van der Waals surface area (Å²) in [5.74, 6) is -6.56. The summed E-state index contributed by atoms with van der Waals surface area (Å²) in [6.45, 7) is 2.06. The van der Waals surface area contributed by atoms with Crippen LogP contribution in [-0.2, 0) is 15.9 Å². The molecular weight excluding hydrogens is 560 g/mol. The first-order valence-corrected chi connectivity index (χ1v) is 13.0. The van der Waals surface area contributed by atoms with Gasteiger partial charge < -0.3 is 4.74 Å². The Kier molecular flexibility index (Phi) is 9.06. The lowest BCUT2D eigenvalue weighted by molar-refractivity contribution is -0.438. The van der Waals surface area contributed by atoms with Crippen molar-refractivity contribution in [2.45, 2.75) is 64.0 Å². The molecule has 1 aliphatic rings. The Balaban J connectivity index is 1.44. The van der Waals surface area contributed by atoms with Crippen molar-refractivity contribution in [3.63, 3.8) is 0 Å². The van der Waals surface area contributed by atoms with Gasteiger partial charge in [0, 0.05) is 5.56 Å². The molecule has 4 rings (SSSR count). The van der Waals surface area contributed by atoms with E-state index in [0.717, 1.165) is 36.1 Å². The van der Waals surface area contributed by atoms with Crippen LogP contribution in [0.25, 0.3) is 22.3 Å². The van der Waals surface area contributed by atoms with E-state index in [-0.39, 0.29) is 24.0 Å². The lowest BCUT2D eigenvalue weighted by atomic mass is 9.86. The minimum atomic E-state index is -5.53. The summed E-state index contributed by atoms with van der Waals surface area (Å²) in [7, 11) is 0. The second-order valence-corrected chi connectivity index (χ2v) is 9.94. The number of aryl methyl sites for hydroxylation is 1. The highest BCUT2D eigenvalue weighted by Gasteiger charge is 2.51. The van der Waals surface area contributed by atoms with E-state index < -0.39 is 66.3 Å². The van der Waals surface area contributed by atoms with Crippen LogP contribution in [0.3, 0.4) is 0 Å². The predicted octanol–water partition coefficient (Wildman–Crippen LogP) is 9.24. The first-order valence-electron chi connectivity index (χ1n) is 13.0. The summed E-state index contributed by atoms with van der Waals surface area (Å²) in [4.78, 5) is 12.5. The molecule has 0 heterocycles. The van der Waals surface area contributed by atoms with E-state index in [4.69, 9.17) is 4.74 Å². The van der Waals surface area contributed by atoms with Crippen LogP contribution in [0.5, 0.6) is 0 Å². The predicted molar refractivity (Wildman–Crippen MR) is 134 cm³/mol. The molecule has 41 heavy (non-hydrogen) atoms. The van der Waals surface area contributed by atoms with E-state index >= 15 is 0 Å². The first kappa shape index (κ1) is 30.5. The van der Waals surface area contributed by atoms with Crippen LogP contribution in [0.15, 0.2) is 54.6 Å². The van der Waals surface area contributed by atoms with Crippen molar-refractivity contribution in [3.05, 3.63) is 83.2 Å². The fourth-order valence-corrected chi connectivity index (χ4v) is 4.97. The maximum atomic E-state index is 15.0. The highest BCUT2D eigenvalue weighted by atomic mass is 19.4. The Hall–Kier alpha value is -3.47. The van der Waals surface area contributed by atoms with Gasteiger partial charge in [-0.25, -0.2) is 22.7 Å². The third-order valence-electron chi connectivity index (χ3n) is 7.03. The smallest absolute Gasteiger partial charge is 0.459 e. The molecule has 0 aliphatic heterocycles. The van der Waals surface area contributed by atoms with Crippen LogP contribution in [-0.4, -0.2) is 24.5 Å². The second kappa shape index (κ2) is 12.2. The number of hydrogen-bond donors (Lipinski definition) is 0. The minimum absolute atomic E-state index is 0.102. The first-order chi connectivity index (χ1) is 19.3. The standard InChI is InChI=1S/C30H26F8O3/c1-2-3-17-4-6-18(7-5-17)19-8-13-23(24(31)14-19)20-15-25(32)27(26(33)16-20)28(39)40-22-11-9-21(10-12-22)29(34,35)41-30(36,37)38/h4-8,13-16,21-22H,2-3,9-12H2,1H3. The molecular formula is C30H26F8O3. The van der Waals surface area contributed by atoms with Crippen LogP contribution in [0.4, 0.5) is 35.1 Å². The van der Waals surface area contributed by atoms with Gasteiger partial charge in [0.25, 0.3) is 0 Å². The van der Waals surface area contributed by atoms with Gasteiger partial charge >= 0.3 is 18.4 Å². The molecule has 220 valence electrons. The Labute approximate surface area is 231 Å². The molecule has 0 radical (unpaired) electrons. The number of halogens is 8. The van der Waals surface area contributed by atoms with E-state index in [0.29, 0.717) is 5.56 Å². The minimum Gasteiger partial charge on any atom is -0.459 e. The number of carbonyl (C=O) groups is 1. The zero-order chi connectivity index (χ0) is 29.9. The summed E-state index contributed by atoms with van der Waals surface area (Å²) < 4.78 is 117. The maximum absolute atomic E-state index is 15.0. The summed E-state index contributed by atoms with van der Waals surface area (Å²) >= 11 is 0. The van der Waals surface area contributed by atoms with E-state index in [1.165, 1.54) is 12.1 Å². The quantitative estimate of drug-likeness (QED) is 0.195. The molecule has 11 heteroatoms. The lowest BCUT2D eigenvalue weighted by Crippen LogP contribution is -2.40. The topological polar surface area (TPSA) is 35.5 Å². The van der Waals surface area contributed by atoms with E-state index in [2.05, 4.69) is 11.7 Å². The normalized spacial score (nSPS) is 17.9. The molecule has 3 aromatic carbocycles. The van der Waals surface area contributed by atoms with Gasteiger partial charge in [-0.2, -0.15) is 8.78 Å². The van der Waals surface area contributed by atoms with Gasteiger partial charge in [0.05, 0.1) is 5.92 Å². The molecule has 0 saturated heterocycles. The number of carbonyl (C=O) groups excluding carboxylic acids is 1. The van der Waals surface area contributed by atoms with Crippen LogP contribution < -0.4 is 0 Å². The van der Waals surface area contributed by atoms with Gasteiger partial charge in [-0.1, -0.05) is 49.7 Å². The van der Waals surface area contributed by atoms with E-state index in [9.17, 15) is 39.9 Å². The molecule has 0 bridgehead atoms. The van der Waals surface area contributed by atoms with Gasteiger partial charge in [0.1, 0.15) is 29.1 Å². The SMILES string of the molecule is CCCc1ccc(-c2ccc(-c3cc(F)c(C(=O)OC4CCC(C(F)(F)OC(F)(F)F)CC4)c(F)c3)c(F)c2)cc1. The van der Waals surface area contributed by atoms with E-state index in [1.807, 2.05) is 24.3 Å². The van der Waals surface area contributed by atoms with E-state index in [1.54, 1.807) is 6.07 Å². The van der Waals surface area contributed by atoms with Crippen LogP contribution in [0.2, 0.25) is 0 Å². The monoisotopic (exact) mass is 586 g/mol. The Morgan fingerprint density at radius 1 is 0.780 bits per heavy atom. The summed E-state index contributed by atoms with van der Waals surface area (Å²) in [6, 6.07) is 13.4. The molecule has 1 saturated carbocycles. The largest absolute Gasteiger partial charge is 0.527 e. The third-order valence-corrected chi connectivity index (χ3v) is 7.03. The van der Waals surface area contributed by atoms with Crippen molar-refractivity contribution in [2.75, 3.05) is 0 Å². The number of ether oxygens (including phenoxy) is 2. The zero-order valence-corrected chi connectivity index (χ0v) is 21.8. The molecule has 0 unspecified atom stereocenters. The van der Waals surface area contributed by atoms with Gasteiger partial charge in [-0.3, -0.25) is 0 Å². The molecule has 0 spiro atoms. The van der Waals surface area contributed by atoms with Crippen molar-refractivity contribution in [2.24, 2.45) is 5.92 Å². The fraction of sp³-hybridized carbons (Fsp3) is 0.367. The average molecular weight is 587 g/mol. The number of benzene rings is 3. The molecule has 1 aliphatic carbocycles. The molecule has 0 N–H and O–H groups in total. The summed E-state index contributed by atoms with van der Waals surface area (Å²) in [5, 5.41) is 0. The summed E-state index contributed by atoms with van der Waals surface area (Å²) in [5.41, 5.74) is 1.15. The Morgan fingerprint density at radius 3 is 1.88 bits per heavy atom. The molecule has 3 nitrogen and oxygen atoms in total. The lowest BCUT2D eigenvalue weighted by Gasteiger charge is -2.33. The highest BCUT2D eigenvalue weighted by molar-refractivity contribution is 5.91. The molecule has 0 atom stereocenters. The average Bonchev–Trinajstić information content (AvgIpc) is 2.88. The number of hydrogen-bond acceptors (Lipinski definition) is 3. The third kappa shape index (κ3) is 7.44. The second-order valence-electron chi connectivity index (χ2n) is 9.94. The van der Waals surface area contributed by atoms with Crippen LogP contribution in [0.1, 0.15) is 54.9 Å². The Bertz CT molecular complexity index is 1350.